The quantitative estimate of drug-likeness (QED) is 0.839. The first-order valence-corrected chi connectivity index (χ1v) is 6.90. The van der Waals surface area contributed by atoms with Crippen molar-refractivity contribution in [2.45, 2.75) is 24.2 Å². The molecule has 6 heteroatoms. The Balaban J connectivity index is 0.00000144. The number of sulfonamides is 1. The van der Waals surface area contributed by atoms with Crippen molar-refractivity contribution in [3.63, 3.8) is 0 Å². The van der Waals surface area contributed by atoms with Crippen LogP contribution in [0.15, 0.2) is 29.2 Å². The normalized spacial score (nSPS) is 17.4. The van der Waals surface area contributed by atoms with Gasteiger partial charge in [-0.05, 0) is 37.1 Å². The molecule has 0 saturated carbocycles. The van der Waals surface area contributed by atoms with Crippen LogP contribution >= 0.6 is 12.4 Å². The monoisotopic (exact) mass is 276 g/mol. The summed E-state index contributed by atoms with van der Waals surface area (Å²) in [6, 6.07) is 6.38. The second kappa shape index (κ2) is 5.71. The van der Waals surface area contributed by atoms with E-state index in [9.17, 15) is 8.42 Å². The molecule has 2 N–H and O–H groups in total. The number of nitrogens with two attached hydrogens (primary N) is 1. The summed E-state index contributed by atoms with van der Waals surface area (Å²) in [6.07, 6.45) is 3.02. The molecular weight excluding hydrogens is 260 g/mol. The van der Waals surface area contributed by atoms with Crippen LogP contribution in [0.25, 0.3) is 0 Å². The van der Waals surface area contributed by atoms with Crippen LogP contribution in [-0.4, -0.2) is 25.8 Å². The zero-order valence-corrected chi connectivity index (χ0v) is 11.1. The highest BCUT2D eigenvalue weighted by Crippen LogP contribution is 2.20. The number of rotatable bonds is 2. The summed E-state index contributed by atoms with van der Waals surface area (Å²) in [5.41, 5.74) is 6.12. The predicted octanol–water partition coefficient (Wildman–Crippen LogP) is 1.87. The minimum absolute atomic E-state index is 0. The van der Waals surface area contributed by atoms with Crippen molar-refractivity contribution in [1.29, 1.82) is 0 Å². The molecule has 4 nitrogen and oxygen atoms in total. The third-order valence-electron chi connectivity index (χ3n) is 2.83. The van der Waals surface area contributed by atoms with Crippen LogP contribution < -0.4 is 5.73 Å². The summed E-state index contributed by atoms with van der Waals surface area (Å²) in [5, 5.41) is 0. The number of hydrogen-bond acceptors (Lipinski definition) is 3. The van der Waals surface area contributed by atoms with Gasteiger partial charge in [0.1, 0.15) is 0 Å². The van der Waals surface area contributed by atoms with Crippen molar-refractivity contribution < 1.29 is 8.42 Å². The molecule has 0 aliphatic carbocycles. The fraction of sp³-hybridized carbons (Fsp3) is 0.455. The lowest BCUT2D eigenvalue weighted by Gasteiger charge is -2.25. The predicted molar refractivity (Wildman–Crippen MR) is 70.7 cm³/mol. The van der Waals surface area contributed by atoms with Gasteiger partial charge in [0.25, 0.3) is 0 Å². The smallest absolute Gasteiger partial charge is 0.243 e. The summed E-state index contributed by atoms with van der Waals surface area (Å²) < 4.78 is 25.9. The van der Waals surface area contributed by atoms with E-state index in [0.29, 0.717) is 23.7 Å². The summed E-state index contributed by atoms with van der Waals surface area (Å²) in [4.78, 5) is 0.337. The van der Waals surface area contributed by atoms with Crippen molar-refractivity contribution in [3.8, 4) is 0 Å². The Labute approximate surface area is 108 Å². The Bertz CT molecular complexity index is 453. The average molecular weight is 277 g/mol. The SMILES string of the molecule is Cl.Nc1ccc(S(=O)(=O)N2CCCCC2)cc1. The summed E-state index contributed by atoms with van der Waals surface area (Å²) >= 11 is 0. The lowest BCUT2D eigenvalue weighted by atomic mass is 10.2. The van der Waals surface area contributed by atoms with Gasteiger partial charge in [-0.1, -0.05) is 6.42 Å². The van der Waals surface area contributed by atoms with Crippen LogP contribution in [0.2, 0.25) is 0 Å². The van der Waals surface area contributed by atoms with E-state index in [2.05, 4.69) is 0 Å². The minimum Gasteiger partial charge on any atom is -0.399 e. The first kappa shape index (κ1) is 14.3. The topological polar surface area (TPSA) is 63.4 Å². The first-order chi connectivity index (χ1) is 7.60. The highest BCUT2D eigenvalue weighted by molar-refractivity contribution is 7.89. The molecule has 17 heavy (non-hydrogen) atoms. The fourth-order valence-electron chi connectivity index (χ4n) is 1.89. The maximum atomic E-state index is 12.2. The van der Waals surface area contributed by atoms with E-state index in [0.717, 1.165) is 19.3 Å². The van der Waals surface area contributed by atoms with Crippen LogP contribution in [0.4, 0.5) is 5.69 Å². The van der Waals surface area contributed by atoms with E-state index in [4.69, 9.17) is 5.73 Å². The molecule has 2 rings (SSSR count). The number of nitrogens with zero attached hydrogens (tertiary/aromatic N) is 1. The molecule has 96 valence electrons. The lowest BCUT2D eigenvalue weighted by Crippen LogP contribution is -2.35. The van der Waals surface area contributed by atoms with Crippen molar-refractivity contribution in [3.05, 3.63) is 24.3 Å². The number of hydrogen-bond donors (Lipinski definition) is 1. The number of nitrogen functional groups attached to an aromatic ring is 1. The molecule has 1 aromatic rings. The first-order valence-electron chi connectivity index (χ1n) is 5.46. The van der Waals surface area contributed by atoms with E-state index >= 15 is 0 Å². The molecule has 0 radical (unpaired) electrons. The molecule has 1 saturated heterocycles. The summed E-state index contributed by atoms with van der Waals surface area (Å²) in [7, 11) is -3.30. The third-order valence-corrected chi connectivity index (χ3v) is 4.75. The highest BCUT2D eigenvalue weighted by Gasteiger charge is 2.25. The largest absolute Gasteiger partial charge is 0.399 e. The maximum Gasteiger partial charge on any atom is 0.243 e. The molecular formula is C11H17ClN2O2S. The van der Waals surface area contributed by atoms with Crippen molar-refractivity contribution in [2.75, 3.05) is 18.8 Å². The molecule has 0 aromatic heterocycles. The second-order valence-electron chi connectivity index (χ2n) is 4.03. The average Bonchev–Trinajstić information content (AvgIpc) is 2.31. The van der Waals surface area contributed by atoms with Gasteiger partial charge < -0.3 is 5.73 Å². The Kier molecular flexibility index (Phi) is 4.80. The number of piperidine rings is 1. The fourth-order valence-corrected chi connectivity index (χ4v) is 3.41. The van der Waals surface area contributed by atoms with Gasteiger partial charge in [-0.3, -0.25) is 0 Å². The number of benzene rings is 1. The molecule has 0 amide bonds. The molecule has 0 unspecified atom stereocenters. The van der Waals surface area contributed by atoms with Gasteiger partial charge in [-0.2, -0.15) is 4.31 Å². The van der Waals surface area contributed by atoms with Crippen molar-refractivity contribution in [1.82, 2.24) is 4.31 Å². The summed E-state index contributed by atoms with van der Waals surface area (Å²) in [5.74, 6) is 0. The van der Waals surface area contributed by atoms with Crippen molar-refractivity contribution in [2.24, 2.45) is 0 Å². The minimum atomic E-state index is -3.30. The zero-order valence-electron chi connectivity index (χ0n) is 9.50. The Morgan fingerprint density at radius 2 is 1.53 bits per heavy atom. The van der Waals surface area contributed by atoms with Crippen LogP contribution in [0, 0.1) is 0 Å². The maximum absolute atomic E-state index is 12.2. The van der Waals surface area contributed by atoms with Gasteiger partial charge in [0.05, 0.1) is 4.90 Å². The van der Waals surface area contributed by atoms with Gasteiger partial charge >= 0.3 is 0 Å². The van der Waals surface area contributed by atoms with E-state index in [1.54, 1.807) is 28.6 Å². The van der Waals surface area contributed by atoms with E-state index in [1.807, 2.05) is 0 Å². The molecule has 1 aromatic carbocycles. The zero-order chi connectivity index (χ0) is 11.6. The molecule has 0 spiro atoms. The van der Waals surface area contributed by atoms with E-state index < -0.39 is 10.0 Å². The number of anilines is 1. The second-order valence-corrected chi connectivity index (χ2v) is 5.97. The van der Waals surface area contributed by atoms with Gasteiger partial charge in [-0.25, -0.2) is 8.42 Å². The van der Waals surface area contributed by atoms with Crippen molar-refractivity contribution >= 4 is 28.1 Å². The Morgan fingerprint density at radius 1 is 1.00 bits per heavy atom. The van der Waals surface area contributed by atoms with Gasteiger partial charge in [0.15, 0.2) is 0 Å². The van der Waals surface area contributed by atoms with Crippen LogP contribution in [0.1, 0.15) is 19.3 Å². The number of halogens is 1. The van der Waals surface area contributed by atoms with Gasteiger partial charge in [0.2, 0.25) is 10.0 Å². The standard InChI is InChI=1S/C11H16N2O2S.ClH/c12-10-4-6-11(7-5-10)16(14,15)13-8-2-1-3-9-13;/h4-7H,1-3,8-9,12H2;1H. The third kappa shape index (κ3) is 3.12. The van der Waals surface area contributed by atoms with Gasteiger partial charge in [0, 0.05) is 18.8 Å². The van der Waals surface area contributed by atoms with Crippen LogP contribution in [-0.2, 0) is 10.0 Å². The van der Waals surface area contributed by atoms with Gasteiger partial charge in [-0.15, -0.1) is 12.4 Å². The molecule has 1 fully saturated rings. The molecule has 1 heterocycles. The molecule has 0 bridgehead atoms. The lowest BCUT2D eigenvalue weighted by molar-refractivity contribution is 0.346. The van der Waals surface area contributed by atoms with E-state index in [1.165, 1.54) is 0 Å². The summed E-state index contributed by atoms with van der Waals surface area (Å²) in [6.45, 7) is 1.26. The molecule has 1 aliphatic heterocycles. The Morgan fingerprint density at radius 3 is 2.06 bits per heavy atom. The van der Waals surface area contributed by atoms with Crippen LogP contribution in [0.3, 0.4) is 0 Å². The van der Waals surface area contributed by atoms with E-state index in [-0.39, 0.29) is 12.4 Å². The molecule has 0 atom stereocenters. The van der Waals surface area contributed by atoms with Crippen LogP contribution in [0.5, 0.6) is 0 Å². The highest BCUT2D eigenvalue weighted by atomic mass is 35.5. The molecule has 1 aliphatic rings. The Hall–Kier alpha value is -0.780.